The van der Waals surface area contributed by atoms with Gasteiger partial charge in [0.05, 0.1) is 11.4 Å². The number of hydrogen-bond acceptors (Lipinski definition) is 7. The van der Waals surface area contributed by atoms with Gasteiger partial charge in [0.1, 0.15) is 6.54 Å². The number of carbonyl (C=O) groups excluding carboxylic acids is 2. The van der Waals surface area contributed by atoms with E-state index >= 15 is 0 Å². The summed E-state index contributed by atoms with van der Waals surface area (Å²) >= 11 is 0.721. The van der Waals surface area contributed by atoms with Gasteiger partial charge in [0, 0.05) is 5.56 Å². The standard InChI is InChI=1S/C18H15N5O4S2/c1-11-5-4-6-12(9-11)16(25)20-17-21-22-18(28-17)29(26,27)23-10-15(24)19-13-7-2-3-8-14(13)23/h2-9H,10H2,1H3,(H,19,24)(H,20,21,25). The number of fused-ring (bicyclic) bond motifs is 1. The van der Waals surface area contributed by atoms with E-state index in [1.165, 1.54) is 0 Å². The lowest BCUT2D eigenvalue weighted by Crippen LogP contribution is -2.42. The smallest absolute Gasteiger partial charge is 0.294 e. The molecule has 2 N–H and O–H groups in total. The van der Waals surface area contributed by atoms with E-state index in [2.05, 4.69) is 20.8 Å². The minimum atomic E-state index is -4.13. The molecule has 1 aliphatic rings. The fraction of sp³-hybridized carbons (Fsp3) is 0.111. The molecule has 1 aromatic heterocycles. The van der Waals surface area contributed by atoms with Crippen LogP contribution in [0, 0.1) is 6.92 Å². The van der Waals surface area contributed by atoms with Crippen LogP contribution in [0.5, 0.6) is 0 Å². The number of amides is 2. The Balaban J connectivity index is 1.61. The van der Waals surface area contributed by atoms with Crippen molar-refractivity contribution in [1.82, 2.24) is 10.2 Å². The normalized spacial score (nSPS) is 13.6. The molecule has 11 heteroatoms. The van der Waals surface area contributed by atoms with Crippen LogP contribution in [-0.2, 0) is 14.8 Å². The highest BCUT2D eigenvalue weighted by atomic mass is 32.2. The molecule has 2 amide bonds. The number of carbonyl (C=O) groups is 2. The van der Waals surface area contributed by atoms with Crippen molar-refractivity contribution in [2.24, 2.45) is 0 Å². The van der Waals surface area contributed by atoms with Crippen molar-refractivity contribution in [2.45, 2.75) is 11.3 Å². The van der Waals surface area contributed by atoms with Crippen molar-refractivity contribution in [3.05, 3.63) is 59.7 Å². The molecule has 4 rings (SSSR count). The molecule has 29 heavy (non-hydrogen) atoms. The first kappa shape index (κ1) is 19.0. The molecule has 0 spiro atoms. The first-order valence-corrected chi connectivity index (χ1v) is 10.7. The first-order chi connectivity index (χ1) is 13.8. The molecule has 0 atom stereocenters. The van der Waals surface area contributed by atoms with Gasteiger partial charge >= 0.3 is 0 Å². The van der Waals surface area contributed by atoms with E-state index in [9.17, 15) is 18.0 Å². The topological polar surface area (TPSA) is 121 Å². The molecule has 2 aromatic carbocycles. The van der Waals surface area contributed by atoms with Crippen LogP contribution in [0.2, 0.25) is 0 Å². The summed E-state index contributed by atoms with van der Waals surface area (Å²) in [6, 6.07) is 13.5. The molecule has 0 saturated heterocycles. The minimum Gasteiger partial charge on any atom is -0.323 e. The van der Waals surface area contributed by atoms with Crippen LogP contribution in [0.3, 0.4) is 0 Å². The van der Waals surface area contributed by atoms with Crippen molar-refractivity contribution in [3.63, 3.8) is 0 Å². The lowest BCUT2D eigenvalue weighted by Gasteiger charge is -2.28. The summed E-state index contributed by atoms with van der Waals surface area (Å²) < 4.78 is 26.8. The summed E-state index contributed by atoms with van der Waals surface area (Å²) in [6.07, 6.45) is 0. The van der Waals surface area contributed by atoms with E-state index in [4.69, 9.17) is 0 Å². The zero-order valence-electron chi connectivity index (χ0n) is 15.1. The Morgan fingerprint density at radius 1 is 1.17 bits per heavy atom. The van der Waals surface area contributed by atoms with Crippen molar-refractivity contribution >= 4 is 49.7 Å². The highest BCUT2D eigenvalue weighted by Gasteiger charge is 2.35. The molecule has 148 valence electrons. The second-order valence-corrected chi connectivity index (χ2v) is 9.29. The maximum absolute atomic E-state index is 13.1. The SMILES string of the molecule is Cc1cccc(C(=O)Nc2nnc(S(=O)(=O)N3CC(=O)Nc4ccccc43)s2)c1. The Kier molecular flexibility index (Phi) is 4.76. The van der Waals surface area contributed by atoms with Crippen LogP contribution < -0.4 is 14.9 Å². The van der Waals surface area contributed by atoms with Gasteiger partial charge in [-0.3, -0.25) is 19.2 Å². The number of para-hydroxylation sites is 2. The van der Waals surface area contributed by atoms with Crippen LogP contribution in [0.15, 0.2) is 52.9 Å². The number of aromatic nitrogens is 2. The lowest BCUT2D eigenvalue weighted by atomic mass is 10.1. The van der Waals surface area contributed by atoms with Crippen LogP contribution in [0.1, 0.15) is 15.9 Å². The minimum absolute atomic E-state index is 0.0461. The van der Waals surface area contributed by atoms with Gasteiger partial charge in [0.15, 0.2) is 0 Å². The molecule has 2 heterocycles. The average Bonchev–Trinajstić information content (AvgIpc) is 3.16. The molecule has 0 bridgehead atoms. The second kappa shape index (κ2) is 7.26. The molecule has 0 radical (unpaired) electrons. The summed E-state index contributed by atoms with van der Waals surface area (Å²) in [7, 11) is -4.13. The monoisotopic (exact) mass is 429 g/mol. The lowest BCUT2D eigenvalue weighted by molar-refractivity contribution is -0.115. The van der Waals surface area contributed by atoms with Crippen LogP contribution in [-0.4, -0.2) is 37.0 Å². The van der Waals surface area contributed by atoms with Gasteiger partial charge in [-0.25, -0.2) is 0 Å². The van der Waals surface area contributed by atoms with Gasteiger partial charge in [0.2, 0.25) is 11.0 Å². The average molecular weight is 429 g/mol. The number of anilines is 3. The van der Waals surface area contributed by atoms with Crippen LogP contribution >= 0.6 is 11.3 Å². The van der Waals surface area contributed by atoms with Gasteiger partial charge in [-0.15, -0.1) is 10.2 Å². The fourth-order valence-electron chi connectivity index (χ4n) is 2.83. The predicted molar refractivity (Wildman–Crippen MR) is 109 cm³/mol. The zero-order chi connectivity index (χ0) is 20.6. The largest absolute Gasteiger partial charge is 0.323 e. The van der Waals surface area contributed by atoms with E-state index in [0.29, 0.717) is 16.9 Å². The van der Waals surface area contributed by atoms with Crippen molar-refractivity contribution in [3.8, 4) is 0 Å². The summed E-state index contributed by atoms with van der Waals surface area (Å²) in [5.74, 6) is -0.874. The number of aryl methyl sites for hydroxylation is 1. The Bertz CT molecular complexity index is 1220. The molecule has 0 fully saturated rings. The van der Waals surface area contributed by atoms with E-state index in [1.54, 1.807) is 42.5 Å². The Labute approximate surface area is 170 Å². The quantitative estimate of drug-likeness (QED) is 0.614. The molecular formula is C18H15N5O4S2. The van der Waals surface area contributed by atoms with Gasteiger partial charge in [-0.1, -0.05) is 41.2 Å². The Morgan fingerprint density at radius 2 is 1.97 bits per heavy atom. The number of hydrogen-bond donors (Lipinski definition) is 2. The summed E-state index contributed by atoms with van der Waals surface area (Å²) in [6.45, 7) is 1.49. The Morgan fingerprint density at radius 3 is 2.76 bits per heavy atom. The van der Waals surface area contributed by atoms with Gasteiger partial charge in [-0.2, -0.15) is 8.42 Å². The molecule has 0 aliphatic carbocycles. The third-order valence-corrected chi connectivity index (χ3v) is 7.10. The maximum Gasteiger partial charge on any atom is 0.294 e. The highest BCUT2D eigenvalue weighted by Crippen LogP contribution is 2.34. The van der Waals surface area contributed by atoms with Gasteiger partial charge in [0.25, 0.3) is 20.3 Å². The van der Waals surface area contributed by atoms with E-state index in [-0.39, 0.29) is 16.0 Å². The van der Waals surface area contributed by atoms with E-state index in [1.807, 2.05) is 13.0 Å². The molecule has 9 nitrogen and oxygen atoms in total. The third-order valence-electron chi connectivity index (χ3n) is 4.15. The molecule has 1 aliphatic heterocycles. The highest BCUT2D eigenvalue weighted by molar-refractivity contribution is 7.94. The van der Waals surface area contributed by atoms with Crippen molar-refractivity contribution in [2.75, 3.05) is 21.5 Å². The number of nitrogens with one attached hydrogen (secondary N) is 2. The summed E-state index contributed by atoms with van der Waals surface area (Å²) in [5.41, 5.74) is 2.07. The predicted octanol–water partition coefficient (Wildman–Crippen LogP) is 2.25. The summed E-state index contributed by atoms with van der Waals surface area (Å²) in [5, 5.41) is 12.7. The van der Waals surface area contributed by atoms with E-state index < -0.39 is 21.8 Å². The van der Waals surface area contributed by atoms with Gasteiger partial charge in [-0.05, 0) is 31.2 Å². The van der Waals surface area contributed by atoms with E-state index in [0.717, 1.165) is 21.2 Å². The maximum atomic E-state index is 13.1. The molecule has 3 aromatic rings. The molecule has 0 unspecified atom stereocenters. The van der Waals surface area contributed by atoms with Gasteiger partial charge < -0.3 is 5.32 Å². The second-order valence-electron chi connectivity index (χ2n) is 6.27. The first-order valence-electron chi connectivity index (χ1n) is 8.48. The number of sulfonamides is 1. The van der Waals surface area contributed by atoms with Crippen LogP contribution in [0.25, 0.3) is 0 Å². The summed E-state index contributed by atoms with van der Waals surface area (Å²) in [4.78, 5) is 24.3. The molecular weight excluding hydrogens is 414 g/mol. The third kappa shape index (κ3) is 3.69. The number of rotatable bonds is 4. The molecule has 0 saturated carbocycles. The number of nitrogens with zero attached hydrogens (tertiary/aromatic N) is 3. The van der Waals surface area contributed by atoms with Crippen molar-refractivity contribution in [1.29, 1.82) is 0 Å². The zero-order valence-corrected chi connectivity index (χ0v) is 16.8. The fourth-order valence-corrected chi connectivity index (χ4v) is 5.27. The Hall–Kier alpha value is -3.31. The number of benzene rings is 2. The van der Waals surface area contributed by atoms with Crippen molar-refractivity contribution < 1.29 is 18.0 Å². The van der Waals surface area contributed by atoms with Crippen LogP contribution in [0.4, 0.5) is 16.5 Å².